The average molecular weight is 220 g/mol. The summed E-state index contributed by atoms with van der Waals surface area (Å²) in [6.45, 7) is 3.85. The molecule has 0 rings (SSSR count). The number of hydrogen-bond donors (Lipinski definition) is 0. The summed E-state index contributed by atoms with van der Waals surface area (Å²) in [4.78, 5) is 0. The van der Waals surface area contributed by atoms with E-state index >= 15 is 0 Å². The summed E-state index contributed by atoms with van der Waals surface area (Å²) in [6.07, 6.45) is 0. The molecule has 0 heterocycles. The molecule has 0 saturated heterocycles. The van der Waals surface area contributed by atoms with E-state index in [1.54, 1.807) is 31.6 Å². The van der Waals surface area contributed by atoms with Crippen LogP contribution in [0.2, 0.25) is 0 Å². The van der Waals surface area contributed by atoms with Crippen molar-refractivity contribution >= 4 is 7.82 Å². The molecule has 0 radical (unpaired) electrons. The normalized spacial score (nSPS) is 11.8. The molecular weight excluding hydrogens is 210 g/mol. The molecule has 0 fully saturated rings. The van der Waals surface area contributed by atoms with Gasteiger partial charge in [0.2, 0.25) is 0 Å². The van der Waals surface area contributed by atoms with Gasteiger partial charge in [0.05, 0.1) is 0 Å². The molecule has 0 aromatic rings. The van der Waals surface area contributed by atoms with Crippen LogP contribution >= 0.6 is 7.82 Å². The van der Waals surface area contributed by atoms with Crippen LogP contribution in [0.25, 0.3) is 0 Å². The van der Waals surface area contributed by atoms with E-state index in [9.17, 15) is 4.57 Å². The second-order valence-corrected chi connectivity index (χ2v) is 3.22. The predicted molar refractivity (Wildman–Crippen MR) is 33.0 cm³/mol. The van der Waals surface area contributed by atoms with Gasteiger partial charge < -0.3 is 0 Å². The third kappa shape index (κ3) is 4.98. The van der Waals surface area contributed by atoms with Crippen molar-refractivity contribution in [3.8, 4) is 0 Å². The summed E-state index contributed by atoms with van der Waals surface area (Å²) < 4.78 is 29.0. The van der Waals surface area contributed by atoms with Crippen LogP contribution in [-0.4, -0.2) is 13.2 Å². The molecule has 5 nitrogen and oxygen atoms in total. The summed E-state index contributed by atoms with van der Waals surface area (Å²) in [5, 5.41) is 0. The van der Waals surface area contributed by atoms with Gasteiger partial charge in [0.1, 0.15) is 0 Å². The van der Waals surface area contributed by atoms with Gasteiger partial charge in [-0.05, 0) is 0 Å². The maximum atomic E-state index is 11.2. The summed E-state index contributed by atoms with van der Waals surface area (Å²) in [5.74, 6) is 0. The second kappa shape index (κ2) is 6.20. The third-order valence-corrected chi connectivity index (χ3v) is 2.41. The molecular formula is C4H10O5PV. The second-order valence-electron chi connectivity index (χ2n) is 1.43. The zero-order valence-electron chi connectivity index (χ0n) is 6.35. The molecule has 0 aliphatic rings. The summed E-state index contributed by atoms with van der Waals surface area (Å²) in [5.41, 5.74) is 0. The topological polar surface area (TPSA) is 54.0 Å². The zero-order valence-corrected chi connectivity index (χ0v) is 8.64. The number of hydrogen-bond acceptors (Lipinski definition) is 5. The first-order valence-corrected chi connectivity index (χ1v) is 5.10. The molecule has 0 aromatic carbocycles. The van der Waals surface area contributed by atoms with E-state index in [0.717, 1.165) is 0 Å². The Morgan fingerprint density at radius 2 is 1.73 bits per heavy atom. The molecule has 0 spiro atoms. The van der Waals surface area contributed by atoms with Gasteiger partial charge in [-0.25, -0.2) is 0 Å². The van der Waals surface area contributed by atoms with Gasteiger partial charge in [0.25, 0.3) is 0 Å². The minimum absolute atomic E-state index is 0.244. The van der Waals surface area contributed by atoms with E-state index in [2.05, 4.69) is 17.5 Å². The first-order chi connectivity index (χ1) is 5.18. The van der Waals surface area contributed by atoms with Crippen LogP contribution < -0.4 is 0 Å². The van der Waals surface area contributed by atoms with Crippen LogP contribution in [0.4, 0.5) is 0 Å². The Morgan fingerprint density at radius 3 is 2.00 bits per heavy atom. The van der Waals surface area contributed by atoms with Crippen LogP contribution in [0.3, 0.4) is 0 Å². The van der Waals surface area contributed by atoms with Crippen molar-refractivity contribution in [1.82, 2.24) is 0 Å². The monoisotopic (exact) mass is 220 g/mol. The molecule has 0 N–H and O–H groups in total. The molecule has 66 valence electrons. The van der Waals surface area contributed by atoms with E-state index in [1.807, 2.05) is 0 Å². The fourth-order valence-corrected chi connectivity index (χ4v) is 1.69. The zero-order chi connectivity index (χ0) is 8.74. The fraction of sp³-hybridized carbons (Fsp3) is 1.00. The molecule has 0 aliphatic heterocycles. The van der Waals surface area contributed by atoms with Gasteiger partial charge in [-0.2, -0.15) is 0 Å². The van der Waals surface area contributed by atoms with Gasteiger partial charge in [-0.1, -0.05) is 0 Å². The predicted octanol–water partition coefficient (Wildman–Crippen LogP) is 1.58. The van der Waals surface area contributed by atoms with Crippen molar-refractivity contribution in [2.45, 2.75) is 13.8 Å². The Balaban J connectivity index is 3.91. The quantitative estimate of drug-likeness (QED) is 0.386. The molecule has 7 heteroatoms. The molecule has 0 aliphatic carbocycles. The molecule has 0 atom stereocenters. The van der Waals surface area contributed by atoms with Gasteiger partial charge in [0.15, 0.2) is 0 Å². The van der Waals surface area contributed by atoms with E-state index in [0.29, 0.717) is 0 Å². The van der Waals surface area contributed by atoms with Crippen molar-refractivity contribution in [3.63, 3.8) is 0 Å². The van der Waals surface area contributed by atoms with Crippen LogP contribution in [0.15, 0.2) is 0 Å². The van der Waals surface area contributed by atoms with Gasteiger partial charge in [0, 0.05) is 0 Å². The molecule has 0 amide bonds. The third-order valence-electron chi connectivity index (χ3n) is 0.699. The first-order valence-electron chi connectivity index (χ1n) is 3.07. The van der Waals surface area contributed by atoms with E-state index in [-0.39, 0.29) is 13.2 Å². The maximum absolute atomic E-state index is 11.2. The van der Waals surface area contributed by atoms with Crippen LogP contribution in [0, 0.1) is 0 Å². The van der Waals surface area contributed by atoms with Crippen LogP contribution in [-0.2, 0) is 39.9 Å². The average Bonchev–Trinajstić information content (AvgIpc) is 1.88. The summed E-state index contributed by atoms with van der Waals surface area (Å²) in [6, 6.07) is 0. The van der Waals surface area contributed by atoms with Crippen molar-refractivity contribution in [2.24, 2.45) is 0 Å². The van der Waals surface area contributed by atoms with Gasteiger partial charge in [-0.15, -0.1) is 0 Å². The Labute approximate surface area is 75.2 Å². The Hall–Kier alpha value is 0.654. The van der Waals surface area contributed by atoms with Gasteiger partial charge >= 0.3 is 74.8 Å². The summed E-state index contributed by atoms with van der Waals surface area (Å²) in [7, 11) is -3.46. The van der Waals surface area contributed by atoms with Crippen LogP contribution in [0.5, 0.6) is 0 Å². The van der Waals surface area contributed by atoms with E-state index < -0.39 is 7.82 Å². The SMILES string of the molecule is CCOP(=O)(OCC)O[O][V]. The van der Waals surface area contributed by atoms with E-state index in [4.69, 9.17) is 0 Å². The first kappa shape index (κ1) is 11.7. The Kier molecular flexibility index (Phi) is 6.57. The number of phosphoric ester groups is 1. The summed E-state index contributed by atoms with van der Waals surface area (Å²) >= 11 is 1.65. The molecule has 0 unspecified atom stereocenters. The van der Waals surface area contributed by atoms with Gasteiger partial charge in [-0.3, -0.25) is 0 Å². The van der Waals surface area contributed by atoms with Crippen molar-refractivity contribution in [2.75, 3.05) is 13.2 Å². The minimum atomic E-state index is -3.46. The Morgan fingerprint density at radius 1 is 1.27 bits per heavy atom. The number of rotatable bonds is 6. The standard InChI is InChI=1S/C4H11O5P.V/c1-3-7-10(6,9-5)8-4-2;/h5H,3-4H2,1-2H3;/q;+1/p-1. The fourth-order valence-electron chi connectivity index (χ4n) is 0.437. The number of phosphoric acid groups is 1. The van der Waals surface area contributed by atoms with Crippen molar-refractivity contribution in [3.05, 3.63) is 0 Å². The van der Waals surface area contributed by atoms with Crippen molar-refractivity contribution in [1.29, 1.82) is 0 Å². The molecule has 0 saturated carbocycles. The molecule has 0 bridgehead atoms. The van der Waals surface area contributed by atoms with Crippen molar-refractivity contribution < 1.29 is 39.9 Å². The van der Waals surface area contributed by atoms with E-state index in [1.165, 1.54) is 0 Å². The Bertz CT molecular complexity index is 117. The molecule has 11 heavy (non-hydrogen) atoms. The molecule has 0 aromatic heterocycles. The van der Waals surface area contributed by atoms with Crippen LogP contribution in [0.1, 0.15) is 13.8 Å².